The second kappa shape index (κ2) is 4.61. The molecule has 1 aromatic rings. The van der Waals surface area contributed by atoms with Crippen molar-refractivity contribution in [3.63, 3.8) is 0 Å². The first kappa shape index (κ1) is 11.5. The molecule has 0 aliphatic carbocycles. The Morgan fingerprint density at radius 1 is 1.28 bits per heavy atom. The zero-order chi connectivity index (χ0) is 12.5. The molecule has 1 atom stereocenters. The van der Waals surface area contributed by atoms with E-state index in [-0.39, 0.29) is 11.9 Å². The second-order valence-electron chi connectivity index (χ2n) is 5.12. The molecule has 18 heavy (non-hydrogen) atoms. The van der Waals surface area contributed by atoms with Crippen LogP contribution >= 0.6 is 0 Å². The molecular formula is C14H18N2O2. The monoisotopic (exact) mass is 246 g/mol. The summed E-state index contributed by atoms with van der Waals surface area (Å²) in [6.45, 7) is 2.47. The molecule has 0 spiro atoms. The lowest BCUT2D eigenvalue weighted by Gasteiger charge is -2.28. The highest BCUT2D eigenvalue weighted by Crippen LogP contribution is 2.22. The fraction of sp³-hybridized carbons (Fsp3) is 0.500. The largest absolute Gasteiger partial charge is 0.508 e. The van der Waals surface area contributed by atoms with Crippen LogP contribution in [0.1, 0.15) is 24.0 Å². The summed E-state index contributed by atoms with van der Waals surface area (Å²) in [7, 11) is 0. The predicted molar refractivity (Wildman–Crippen MR) is 68.3 cm³/mol. The number of nitrogens with one attached hydrogen (secondary N) is 1. The third kappa shape index (κ3) is 2.08. The molecule has 2 aliphatic rings. The summed E-state index contributed by atoms with van der Waals surface area (Å²) in [5, 5.41) is 12.7. The maximum Gasteiger partial charge on any atom is 0.240 e. The van der Waals surface area contributed by atoms with E-state index >= 15 is 0 Å². The highest BCUT2D eigenvalue weighted by molar-refractivity contribution is 5.82. The lowest BCUT2D eigenvalue weighted by Crippen LogP contribution is -2.48. The number of phenols is 1. The van der Waals surface area contributed by atoms with Crippen LogP contribution in [0.25, 0.3) is 0 Å². The van der Waals surface area contributed by atoms with Gasteiger partial charge >= 0.3 is 0 Å². The lowest BCUT2D eigenvalue weighted by atomic mass is 9.95. The number of aromatic hydroxyl groups is 1. The minimum atomic E-state index is -0.0971. The molecule has 0 saturated carbocycles. The van der Waals surface area contributed by atoms with E-state index in [0.717, 1.165) is 37.9 Å². The van der Waals surface area contributed by atoms with Crippen molar-refractivity contribution in [2.45, 2.75) is 31.8 Å². The second-order valence-corrected chi connectivity index (χ2v) is 5.12. The van der Waals surface area contributed by atoms with E-state index in [4.69, 9.17) is 0 Å². The Morgan fingerprint density at radius 2 is 2.06 bits per heavy atom. The number of hydrogen-bond acceptors (Lipinski definition) is 3. The fourth-order valence-corrected chi connectivity index (χ4v) is 2.83. The van der Waals surface area contributed by atoms with Crippen molar-refractivity contribution in [3.05, 3.63) is 29.3 Å². The summed E-state index contributed by atoms with van der Waals surface area (Å²) in [6, 6.07) is 5.30. The average molecular weight is 246 g/mol. The number of carbonyl (C=O) groups is 1. The van der Waals surface area contributed by atoms with Crippen LogP contribution in [0.5, 0.6) is 5.75 Å². The van der Waals surface area contributed by atoms with Gasteiger partial charge in [-0.15, -0.1) is 0 Å². The van der Waals surface area contributed by atoms with Crippen LogP contribution in [0.3, 0.4) is 0 Å². The Morgan fingerprint density at radius 3 is 2.83 bits per heavy atom. The van der Waals surface area contributed by atoms with Gasteiger partial charge in [-0.25, -0.2) is 0 Å². The van der Waals surface area contributed by atoms with Crippen LogP contribution in [0.2, 0.25) is 0 Å². The van der Waals surface area contributed by atoms with Crippen LogP contribution in [0, 0.1) is 0 Å². The van der Waals surface area contributed by atoms with Crippen LogP contribution in [-0.4, -0.2) is 35.0 Å². The van der Waals surface area contributed by atoms with E-state index in [1.165, 1.54) is 5.56 Å². The first-order chi connectivity index (χ1) is 8.74. The smallest absolute Gasteiger partial charge is 0.240 e. The van der Waals surface area contributed by atoms with Gasteiger partial charge < -0.3 is 15.3 Å². The van der Waals surface area contributed by atoms with E-state index in [1.54, 1.807) is 12.1 Å². The molecule has 4 heteroatoms. The van der Waals surface area contributed by atoms with Crippen molar-refractivity contribution >= 4 is 5.91 Å². The summed E-state index contributed by atoms with van der Waals surface area (Å²) in [6.07, 6.45) is 2.98. The summed E-state index contributed by atoms with van der Waals surface area (Å²) in [4.78, 5) is 14.3. The van der Waals surface area contributed by atoms with Gasteiger partial charge in [0.15, 0.2) is 0 Å². The third-order valence-corrected chi connectivity index (χ3v) is 3.87. The highest BCUT2D eigenvalue weighted by Gasteiger charge is 2.29. The topological polar surface area (TPSA) is 52.6 Å². The molecule has 1 fully saturated rings. The number of hydrogen-bond donors (Lipinski definition) is 2. The number of rotatable bonds is 1. The number of benzene rings is 1. The molecule has 96 valence electrons. The molecule has 2 aliphatic heterocycles. The number of fused-ring (bicyclic) bond motifs is 1. The Labute approximate surface area is 107 Å². The minimum absolute atomic E-state index is 0.0971. The van der Waals surface area contributed by atoms with Gasteiger partial charge in [-0.1, -0.05) is 6.07 Å². The van der Waals surface area contributed by atoms with Gasteiger partial charge in [0.2, 0.25) is 5.91 Å². The quantitative estimate of drug-likeness (QED) is 0.778. The predicted octanol–water partition coefficient (Wildman–Crippen LogP) is 1.03. The van der Waals surface area contributed by atoms with E-state index in [2.05, 4.69) is 5.32 Å². The van der Waals surface area contributed by atoms with Gasteiger partial charge in [0, 0.05) is 19.6 Å². The zero-order valence-corrected chi connectivity index (χ0v) is 10.4. The van der Waals surface area contributed by atoms with Gasteiger partial charge in [0.05, 0.1) is 6.04 Å². The standard InChI is InChI=1S/C14H18N2O2/c17-12-4-3-10-8-13(15-9-11(10)7-12)14(18)16-5-1-2-6-16/h3-4,7,13,15,17H,1-2,5-6,8-9H2/t13-/m0/s1. The Hall–Kier alpha value is -1.55. The fourth-order valence-electron chi connectivity index (χ4n) is 2.83. The van der Waals surface area contributed by atoms with Crippen LogP contribution in [-0.2, 0) is 17.8 Å². The van der Waals surface area contributed by atoms with Crippen LogP contribution < -0.4 is 5.32 Å². The number of likely N-dealkylation sites (tertiary alicyclic amines) is 1. The van der Waals surface area contributed by atoms with Gasteiger partial charge in [0.25, 0.3) is 0 Å². The first-order valence-corrected chi connectivity index (χ1v) is 6.57. The van der Waals surface area contributed by atoms with E-state index < -0.39 is 0 Å². The van der Waals surface area contributed by atoms with Gasteiger partial charge in [-0.05, 0) is 42.5 Å². The van der Waals surface area contributed by atoms with Crippen LogP contribution in [0.15, 0.2) is 18.2 Å². The van der Waals surface area contributed by atoms with Gasteiger partial charge in [-0.2, -0.15) is 0 Å². The number of nitrogens with zero attached hydrogens (tertiary/aromatic N) is 1. The molecule has 1 saturated heterocycles. The van der Waals surface area contributed by atoms with Crippen molar-refractivity contribution in [3.8, 4) is 5.75 Å². The summed E-state index contributed by atoms with van der Waals surface area (Å²) in [5.74, 6) is 0.520. The van der Waals surface area contributed by atoms with Gasteiger partial charge in [0.1, 0.15) is 5.75 Å². The first-order valence-electron chi connectivity index (χ1n) is 6.57. The molecule has 2 N–H and O–H groups in total. The van der Waals surface area contributed by atoms with Crippen molar-refractivity contribution in [1.82, 2.24) is 10.2 Å². The van der Waals surface area contributed by atoms with E-state index in [1.807, 2.05) is 11.0 Å². The van der Waals surface area contributed by atoms with E-state index in [0.29, 0.717) is 12.3 Å². The van der Waals surface area contributed by atoms with Crippen molar-refractivity contribution in [1.29, 1.82) is 0 Å². The van der Waals surface area contributed by atoms with Crippen molar-refractivity contribution in [2.24, 2.45) is 0 Å². The molecule has 1 amide bonds. The molecule has 2 heterocycles. The zero-order valence-electron chi connectivity index (χ0n) is 10.4. The van der Waals surface area contributed by atoms with Crippen molar-refractivity contribution in [2.75, 3.05) is 13.1 Å². The Balaban J connectivity index is 1.74. The summed E-state index contributed by atoms with van der Waals surface area (Å²) < 4.78 is 0. The Kier molecular flexibility index (Phi) is 2.96. The van der Waals surface area contributed by atoms with Gasteiger partial charge in [-0.3, -0.25) is 4.79 Å². The molecule has 1 aromatic carbocycles. The molecule has 3 rings (SSSR count). The Bertz CT molecular complexity index is 467. The summed E-state index contributed by atoms with van der Waals surface area (Å²) >= 11 is 0. The molecule has 0 bridgehead atoms. The molecule has 0 radical (unpaired) electrons. The molecule has 0 aromatic heterocycles. The third-order valence-electron chi connectivity index (χ3n) is 3.87. The van der Waals surface area contributed by atoms with E-state index in [9.17, 15) is 9.90 Å². The summed E-state index contributed by atoms with van der Waals surface area (Å²) in [5.41, 5.74) is 2.27. The highest BCUT2D eigenvalue weighted by atomic mass is 16.3. The molecule has 0 unspecified atom stereocenters. The SMILES string of the molecule is O=C([C@@H]1Cc2ccc(O)cc2CN1)N1CCCC1. The molecule has 4 nitrogen and oxygen atoms in total. The minimum Gasteiger partial charge on any atom is -0.508 e. The number of phenolic OH excluding ortho intramolecular Hbond substituents is 1. The lowest BCUT2D eigenvalue weighted by molar-refractivity contribution is -0.132. The average Bonchev–Trinajstić information content (AvgIpc) is 2.91. The maximum absolute atomic E-state index is 12.3. The maximum atomic E-state index is 12.3. The normalized spacial score (nSPS) is 22.9. The van der Waals surface area contributed by atoms with Crippen molar-refractivity contribution < 1.29 is 9.90 Å². The molecular weight excluding hydrogens is 228 g/mol. The number of carbonyl (C=O) groups excluding carboxylic acids is 1. The number of amides is 1. The van der Waals surface area contributed by atoms with Crippen LogP contribution in [0.4, 0.5) is 0 Å².